The molecule has 0 radical (unpaired) electrons. The first kappa shape index (κ1) is 14.8. The summed E-state index contributed by atoms with van der Waals surface area (Å²) in [6.45, 7) is 4.33. The van der Waals surface area contributed by atoms with Crippen molar-refractivity contribution in [2.75, 3.05) is 0 Å². The van der Waals surface area contributed by atoms with E-state index >= 15 is 0 Å². The van der Waals surface area contributed by atoms with Crippen LogP contribution in [0.5, 0.6) is 0 Å². The molecule has 0 bridgehead atoms. The zero-order valence-electron chi connectivity index (χ0n) is 11.8. The summed E-state index contributed by atoms with van der Waals surface area (Å²) < 4.78 is 0. The molecule has 0 aromatic heterocycles. The van der Waals surface area contributed by atoms with Crippen LogP contribution in [0.2, 0.25) is 5.02 Å². The maximum absolute atomic E-state index is 10.6. The molecule has 3 atom stereocenters. The van der Waals surface area contributed by atoms with Crippen LogP contribution in [0.1, 0.15) is 51.2 Å². The number of aliphatic hydroxyl groups excluding tert-OH is 1. The summed E-state index contributed by atoms with van der Waals surface area (Å²) in [4.78, 5) is 0. The summed E-state index contributed by atoms with van der Waals surface area (Å²) in [6, 6.07) is 8.46. The molecule has 0 heterocycles. The minimum absolute atomic E-state index is 0.303. The monoisotopic (exact) mass is 281 g/mol. The van der Waals surface area contributed by atoms with E-state index in [1.165, 1.54) is 12.8 Å². The van der Waals surface area contributed by atoms with Gasteiger partial charge in [-0.3, -0.25) is 0 Å². The molecule has 1 fully saturated rings. The first-order valence-electron chi connectivity index (χ1n) is 7.27. The van der Waals surface area contributed by atoms with Crippen molar-refractivity contribution < 1.29 is 5.11 Å². The Morgan fingerprint density at radius 3 is 2.42 bits per heavy atom. The van der Waals surface area contributed by atoms with Gasteiger partial charge in [-0.1, -0.05) is 50.4 Å². The Labute approximate surface area is 121 Å². The zero-order valence-corrected chi connectivity index (χ0v) is 12.5. The van der Waals surface area contributed by atoms with Gasteiger partial charge in [-0.15, -0.1) is 0 Å². The van der Waals surface area contributed by atoms with E-state index in [4.69, 9.17) is 11.6 Å². The molecule has 2 rings (SSSR count). The molecule has 19 heavy (non-hydrogen) atoms. The Bertz CT molecular complexity index is 390. The van der Waals surface area contributed by atoms with Crippen LogP contribution in [0.15, 0.2) is 24.3 Å². The molecule has 2 N–H and O–H groups in total. The Kier molecular flexibility index (Phi) is 5.26. The molecule has 2 nitrogen and oxygen atoms in total. The van der Waals surface area contributed by atoms with Gasteiger partial charge in [0.05, 0.1) is 6.10 Å². The molecule has 3 heteroatoms. The standard InChI is InChI=1S/C16H24ClNO/c1-11(2)18-15-6-4-3-5-14(15)16(19)12-7-9-13(17)10-8-12/h7-11,14-16,18-19H,3-6H2,1-2H3. The maximum Gasteiger partial charge on any atom is 0.0833 e. The average molecular weight is 282 g/mol. The lowest BCUT2D eigenvalue weighted by Gasteiger charge is -2.36. The lowest BCUT2D eigenvalue weighted by atomic mass is 9.78. The number of nitrogens with one attached hydrogen (secondary N) is 1. The number of hydrogen-bond acceptors (Lipinski definition) is 2. The molecular formula is C16H24ClNO. The number of aliphatic hydroxyl groups is 1. The lowest BCUT2D eigenvalue weighted by Crippen LogP contribution is -2.44. The van der Waals surface area contributed by atoms with Crippen molar-refractivity contribution >= 4 is 11.6 Å². The predicted octanol–water partition coefficient (Wildman–Crippen LogP) is 3.93. The molecule has 3 unspecified atom stereocenters. The molecule has 1 aliphatic rings. The van der Waals surface area contributed by atoms with Gasteiger partial charge in [0.15, 0.2) is 0 Å². The zero-order chi connectivity index (χ0) is 13.8. The fraction of sp³-hybridized carbons (Fsp3) is 0.625. The molecule has 0 amide bonds. The third kappa shape index (κ3) is 3.95. The van der Waals surface area contributed by atoms with Crippen molar-refractivity contribution in [1.82, 2.24) is 5.32 Å². The van der Waals surface area contributed by atoms with Gasteiger partial charge in [0.1, 0.15) is 0 Å². The van der Waals surface area contributed by atoms with E-state index < -0.39 is 6.10 Å². The van der Waals surface area contributed by atoms with E-state index in [2.05, 4.69) is 19.2 Å². The van der Waals surface area contributed by atoms with Crippen LogP contribution in [0, 0.1) is 5.92 Å². The van der Waals surface area contributed by atoms with Gasteiger partial charge in [0.2, 0.25) is 0 Å². The van der Waals surface area contributed by atoms with Crippen molar-refractivity contribution in [3.8, 4) is 0 Å². The van der Waals surface area contributed by atoms with E-state index in [1.54, 1.807) is 0 Å². The number of benzene rings is 1. The average Bonchev–Trinajstić information content (AvgIpc) is 2.39. The van der Waals surface area contributed by atoms with E-state index in [0.29, 0.717) is 18.0 Å². The highest BCUT2D eigenvalue weighted by Crippen LogP contribution is 2.35. The van der Waals surface area contributed by atoms with E-state index in [9.17, 15) is 5.11 Å². The fourth-order valence-electron chi connectivity index (χ4n) is 3.08. The third-order valence-electron chi connectivity index (χ3n) is 3.98. The van der Waals surface area contributed by atoms with Crippen molar-refractivity contribution in [1.29, 1.82) is 0 Å². The van der Waals surface area contributed by atoms with Gasteiger partial charge in [-0.25, -0.2) is 0 Å². The van der Waals surface area contributed by atoms with Crippen molar-refractivity contribution in [2.45, 2.75) is 57.7 Å². The molecule has 0 saturated heterocycles. The first-order valence-corrected chi connectivity index (χ1v) is 7.65. The van der Waals surface area contributed by atoms with Crippen LogP contribution in [0.4, 0.5) is 0 Å². The van der Waals surface area contributed by atoms with Crippen molar-refractivity contribution in [3.05, 3.63) is 34.9 Å². The fourth-order valence-corrected chi connectivity index (χ4v) is 3.21. The summed E-state index contributed by atoms with van der Waals surface area (Å²) in [6.07, 6.45) is 4.33. The number of rotatable bonds is 4. The predicted molar refractivity (Wildman–Crippen MR) is 80.4 cm³/mol. The van der Waals surface area contributed by atoms with Crippen LogP contribution in [-0.2, 0) is 0 Å². The minimum atomic E-state index is -0.395. The molecule has 0 aliphatic heterocycles. The van der Waals surface area contributed by atoms with Gasteiger partial charge in [0, 0.05) is 23.0 Å². The normalized spacial score (nSPS) is 25.5. The molecule has 0 spiro atoms. The second kappa shape index (κ2) is 6.74. The third-order valence-corrected chi connectivity index (χ3v) is 4.24. The molecule has 1 aromatic rings. The first-order chi connectivity index (χ1) is 9.08. The smallest absolute Gasteiger partial charge is 0.0833 e. The molecular weight excluding hydrogens is 258 g/mol. The van der Waals surface area contributed by atoms with Gasteiger partial charge in [-0.2, -0.15) is 0 Å². The summed E-state index contributed by atoms with van der Waals surface area (Å²) in [7, 11) is 0. The van der Waals surface area contributed by atoms with Gasteiger partial charge in [-0.05, 0) is 30.5 Å². The molecule has 106 valence electrons. The van der Waals surface area contributed by atoms with Crippen LogP contribution in [0.3, 0.4) is 0 Å². The second-order valence-electron chi connectivity index (χ2n) is 5.87. The molecule has 1 saturated carbocycles. The van der Waals surface area contributed by atoms with Crippen LogP contribution < -0.4 is 5.32 Å². The molecule has 1 aliphatic carbocycles. The summed E-state index contributed by atoms with van der Waals surface area (Å²) in [5.41, 5.74) is 0.979. The highest BCUT2D eigenvalue weighted by Gasteiger charge is 2.31. The Hall–Kier alpha value is -0.570. The Morgan fingerprint density at radius 1 is 1.16 bits per heavy atom. The highest BCUT2D eigenvalue weighted by molar-refractivity contribution is 6.30. The Morgan fingerprint density at radius 2 is 1.79 bits per heavy atom. The second-order valence-corrected chi connectivity index (χ2v) is 6.31. The number of hydrogen-bond donors (Lipinski definition) is 2. The summed E-state index contributed by atoms with van der Waals surface area (Å²) in [5, 5.41) is 15.0. The minimum Gasteiger partial charge on any atom is -0.388 e. The van der Waals surface area contributed by atoms with Gasteiger partial charge >= 0.3 is 0 Å². The Balaban J connectivity index is 2.10. The lowest BCUT2D eigenvalue weighted by molar-refractivity contribution is 0.0592. The van der Waals surface area contributed by atoms with Gasteiger partial charge in [0.25, 0.3) is 0 Å². The topological polar surface area (TPSA) is 32.3 Å². The van der Waals surface area contributed by atoms with Crippen molar-refractivity contribution in [2.24, 2.45) is 5.92 Å². The quantitative estimate of drug-likeness (QED) is 0.876. The summed E-state index contributed by atoms with van der Waals surface area (Å²) >= 11 is 5.91. The SMILES string of the molecule is CC(C)NC1CCCCC1C(O)c1ccc(Cl)cc1. The number of halogens is 1. The largest absolute Gasteiger partial charge is 0.388 e. The van der Waals surface area contributed by atoms with Crippen LogP contribution >= 0.6 is 11.6 Å². The maximum atomic E-state index is 10.6. The highest BCUT2D eigenvalue weighted by atomic mass is 35.5. The van der Waals surface area contributed by atoms with Crippen LogP contribution in [-0.4, -0.2) is 17.2 Å². The van der Waals surface area contributed by atoms with Gasteiger partial charge < -0.3 is 10.4 Å². The summed E-state index contributed by atoms with van der Waals surface area (Å²) in [5.74, 6) is 0.303. The van der Waals surface area contributed by atoms with E-state index in [0.717, 1.165) is 23.4 Å². The van der Waals surface area contributed by atoms with E-state index in [-0.39, 0.29) is 0 Å². The molecule has 1 aromatic carbocycles. The van der Waals surface area contributed by atoms with Crippen LogP contribution in [0.25, 0.3) is 0 Å². The van der Waals surface area contributed by atoms with Crippen molar-refractivity contribution in [3.63, 3.8) is 0 Å². The van der Waals surface area contributed by atoms with E-state index in [1.807, 2.05) is 24.3 Å².